The summed E-state index contributed by atoms with van der Waals surface area (Å²) in [5.41, 5.74) is 8.03. The Morgan fingerprint density at radius 3 is 2.21 bits per heavy atom. The Morgan fingerprint density at radius 1 is 0.842 bits per heavy atom. The number of aromatic nitrogens is 2. The minimum atomic E-state index is -0.414. The topological polar surface area (TPSA) is 21.9 Å². The van der Waals surface area contributed by atoms with Crippen molar-refractivity contribution in [3.05, 3.63) is 95.1 Å². The summed E-state index contributed by atoms with van der Waals surface area (Å²) in [6.45, 7) is 10.8. The predicted molar refractivity (Wildman–Crippen MR) is 150 cm³/mol. The number of imidazole rings is 1. The molecule has 3 nitrogen and oxygen atoms in total. The molecule has 0 bridgehead atoms. The number of furan rings is 1. The molecule has 0 atom stereocenters. The van der Waals surface area contributed by atoms with Gasteiger partial charge in [0.1, 0.15) is 28.5 Å². The summed E-state index contributed by atoms with van der Waals surface area (Å²) in [4.78, 5) is 0. The highest BCUT2D eigenvalue weighted by atomic mass is 19.1. The first-order valence-corrected chi connectivity index (χ1v) is 13.1. The zero-order valence-electron chi connectivity index (χ0n) is 22.6. The van der Waals surface area contributed by atoms with Crippen LogP contribution in [0.4, 0.5) is 8.78 Å². The van der Waals surface area contributed by atoms with Gasteiger partial charge in [-0.3, -0.25) is 0 Å². The summed E-state index contributed by atoms with van der Waals surface area (Å²) in [5.74, 6) is 0.672. The van der Waals surface area contributed by atoms with Crippen LogP contribution in [-0.2, 0) is 7.05 Å². The molecule has 5 heteroatoms. The second-order valence-corrected chi connectivity index (χ2v) is 10.8. The zero-order chi connectivity index (χ0) is 26.9. The molecule has 4 aromatic carbocycles. The molecule has 0 radical (unpaired) electrons. The lowest BCUT2D eigenvalue weighted by atomic mass is 9.92. The quantitative estimate of drug-likeness (QED) is 0.218. The zero-order valence-corrected chi connectivity index (χ0v) is 22.6. The fourth-order valence-electron chi connectivity index (χ4n) is 5.87. The number of hydrogen-bond acceptors (Lipinski definition) is 1. The van der Waals surface area contributed by atoms with Crippen LogP contribution in [0.25, 0.3) is 50.0 Å². The van der Waals surface area contributed by atoms with E-state index in [4.69, 9.17) is 4.42 Å². The van der Waals surface area contributed by atoms with Gasteiger partial charge in [-0.05, 0) is 54.7 Å². The number of nitrogens with zero attached hydrogens (tertiary/aromatic N) is 2. The van der Waals surface area contributed by atoms with Gasteiger partial charge < -0.3 is 4.42 Å². The third-order valence-electron chi connectivity index (χ3n) is 7.66. The van der Waals surface area contributed by atoms with E-state index in [1.165, 1.54) is 23.3 Å². The van der Waals surface area contributed by atoms with Gasteiger partial charge in [0.2, 0.25) is 0 Å². The summed E-state index contributed by atoms with van der Waals surface area (Å²) in [5, 5.41) is 0.939. The van der Waals surface area contributed by atoms with E-state index in [1.807, 2.05) is 26.1 Å². The largest absolute Gasteiger partial charge is 0.455 e. The second kappa shape index (κ2) is 8.80. The predicted octanol–water partition coefficient (Wildman–Crippen LogP) is 8.85. The molecule has 0 spiro atoms. The molecule has 0 saturated carbocycles. The maximum atomic E-state index is 15.5. The summed E-state index contributed by atoms with van der Waals surface area (Å²) in [6, 6.07) is 20.7. The summed E-state index contributed by atoms with van der Waals surface area (Å²) >= 11 is 0. The van der Waals surface area contributed by atoms with Crippen molar-refractivity contribution in [2.75, 3.05) is 0 Å². The van der Waals surface area contributed by atoms with Gasteiger partial charge in [-0.1, -0.05) is 58.0 Å². The molecule has 2 heterocycles. The SMILES string of the molecule is Cc1cc(F)c2c(oc3cc(F)ccc32)c1-c1n(-c2c(C(C)C)cccc2C(C)C)c2ccccc2[n+]1C. The molecule has 0 aliphatic heterocycles. The van der Waals surface area contributed by atoms with Crippen molar-refractivity contribution in [2.24, 2.45) is 7.05 Å². The number of hydrogen-bond donors (Lipinski definition) is 0. The number of benzene rings is 4. The summed E-state index contributed by atoms with van der Waals surface area (Å²) < 4.78 is 40.4. The van der Waals surface area contributed by atoms with Crippen LogP contribution < -0.4 is 4.57 Å². The Labute approximate surface area is 220 Å². The van der Waals surface area contributed by atoms with E-state index >= 15 is 4.39 Å². The van der Waals surface area contributed by atoms with Crippen molar-refractivity contribution in [3.8, 4) is 17.1 Å². The van der Waals surface area contributed by atoms with Crippen molar-refractivity contribution >= 4 is 33.0 Å². The Hall–Kier alpha value is -3.99. The van der Waals surface area contributed by atoms with Gasteiger partial charge in [-0.2, -0.15) is 4.57 Å². The van der Waals surface area contributed by atoms with E-state index in [-0.39, 0.29) is 17.7 Å². The maximum absolute atomic E-state index is 15.5. The minimum absolute atomic E-state index is 0.284. The molecule has 0 unspecified atom stereocenters. The molecule has 6 aromatic rings. The maximum Gasteiger partial charge on any atom is 0.299 e. The average molecular weight is 510 g/mol. The molecule has 38 heavy (non-hydrogen) atoms. The highest BCUT2D eigenvalue weighted by molar-refractivity contribution is 6.10. The van der Waals surface area contributed by atoms with Crippen LogP contribution in [0.15, 0.2) is 71.1 Å². The lowest BCUT2D eigenvalue weighted by Crippen LogP contribution is -2.30. The fraction of sp³-hybridized carbons (Fsp3) is 0.242. The molecule has 0 aliphatic rings. The monoisotopic (exact) mass is 509 g/mol. The third-order valence-corrected chi connectivity index (χ3v) is 7.66. The van der Waals surface area contributed by atoms with Crippen LogP contribution >= 0.6 is 0 Å². The van der Waals surface area contributed by atoms with Crippen molar-refractivity contribution in [3.63, 3.8) is 0 Å². The molecule has 0 aliphatic carbocycles. The van der Waals surface area contributed by atoms with E-state index in [9.17, 15) is 4.39 Å². The van der Waals surface area contributed by atoms with Gasteiger partial charge in [-0.15, -0.1) is 0 Å². The molecule has 2 aromatic heterocycles. The Morgan fingerprint density at radius 2 is 1.53 bits per heavy atom. The van der Waals surface area contributed by atoms with Crippen molar-refractivity contribution in [2.45, 2.75) is 46.5 Å². The lowest BCUT2D eigenvalue weighted by Gasteiger charge is -2.18. The van der Waals surface area contributed by atoms with Crippen molar-refractivity contribution in [1.29, 1.82) is 0 Å². The first-order valence-electron chi connectivity index (χ1n) is 13.1. The first kappa shape index (κ1) is 24.4. The van der Waals surface area contributed by atoms with Crippen LogP contribution in [0, 0.1) is 18.6 Å². The number of para-hydroxylation sites is 3. The smallest absolute Gasteiger partial charge is 0.299 e. The van der Waals surface area contributed by atoms with Crippen molar-refractivity contribution in [1.82, 2.24) is 4.57 Å². The Bertz CT molecular complexity index is 1850. The number of rotatable bonds is 4. The standard InChI is InChI=1S/C33H31F2N2O/c1-18(2)22-10-9-11-23(19(3)4)31(22)37-27-13-8-7-12-26(27)36(6)33(37)29-20(5)16-25(35)30-24-15-14-21(34)17-28(24)38-32(29)30/h7-19H,1-6H3/q+1. The number of fused-ring (bicyclic) bond motifs is 4. The summed E-state index contributed by atoms with van der Waals surface area (Å²) in [6.07, 6.45) is 0. The molecule has 0 saturated heterocycles. The van der Waals surface area contributed by atoms with Gasteiger partial charge in [0.05, 0.1) is 12.4 Å². The van der Waals surface area contributed by atoms with Gasteiger partial charge >= 0.3 is 0 Å². The van der Waals surface area contributed by atoms with Gasteiger partial charge in [-0.25, -0.2) is 13.3 Å². The van der Waals surface area contributed by atoms with Crippen LogP contribution in [0.5, 0.6) is 0 Å². The van der Waals surface area contributed by atoms with Crippen molar-refractivity contribution < 1.29 is 17.8 Å². The van der Waals surface area contributed by atoms with E-state index in [0.29, 0.717) is 21.9 Å². The molecule has 192 valence electrons. The first-order chi connectivity index (χ1) is 18.2. The Kier molecular flexibility index (Phi) is 5.64. The van der Waals surface area contributed by atoms with Crippen LogP contribution in [-0.4, -0.2) is 4.57 Å². The van der Waals surface area contributed by atoms with Gasteiger partial charge in [0.25, 0.3) is 5.82 Å². The molecule has 0 N–H and O–H groups in total. The normalized spacial score (nSPS) is 12.2. The highest BCUT2D eigenvalue weighted by Gasteiger charge is 2.34. The molecular weight excluding hydrogens is 478 g/mol. The molecule has 0 fully saturated rings. The second-order valence-electron chi connectivity index (χ2n) is 10.8. The third kappa shape index (κ3) is 3.48. The fourth-order valence-corrected chi connectivity index (χ4v) is 5.87. The number of aryl methyl sites for hydroxylation is 2. The highest BCUT2D eigenvalue weighted by Crippen LogP contribution is 2.42. The molecule has 6 rings (SSSR count). The molecule has 0 amide bonds. The minimum Gasteiger partial charge on any atom is -0.455 e. The lowest BCUT2D eigenvalue weighted by molar-refractivity contribution is -0.633. The average Bonchev–Trinajstić information content (AvgIpc) is 3.39. The van der Waals surface area contributed by atoms with Crippen LogP contribution in [0.3, 0.4) is 0 Å². The van der Waals surface area contributed by atoms with Crippen LogP contribution in [0.2, 0.25) is 0 Å². The van der Waals surface area contributed by atoms with Crippen LogP contribution in [0.1, 0.15) is 56.2 Å². The van der Waals surface area contributed by atoms with Gasteiger partial charge in [0.15, 0.2) is 16.6 Å². The van der Waals surface area contributed by atoms with E-state index in [0.717, 1.165) is 33.7 Å². The van der Waals surface area contributed by atoms with E-state index in [1.54, 1.807) is 12.1 Å². The van der Waals surface area contributed by atoms with Gasteiger partial charge in [0, 0.05) is 22.6 Å². The Balaban J connectivity index is 1.85. The number of halogens is 2. The van der Waals surface area contributed by atoms with E-state index < -0.39 is 5.82 Å². The molecular formula is C33H31F2N2O+. The van der Waals surface area contributed by atoms with E-state index in [2.05, 4.69) is 67.2 Å². The summed E-state index contributed by atoms with van der Waals surface area (Å²) in [7, 11) is 2.04.